The van der Waals surface area contributed by atoms with Crippen LogP contribution in [0.1, 0.15) is 83.3 Å². The molecule has 0 radical (unpaired) electrons. The lowest BCUT2D eigenvalue weighted by Gasteiger charge is -2.14. The quantitative estimate of drug-likeness (QED) is 0.117. The highest BCUT2D eigenvalue weighted by Crippen LogP contribution is 2.23. The van der Waals surface area contributed by atoms with Crippen LogP contribution >= 0.6 is 0 Å². The molecule has 0 spiro atoms. The lowest BCUT2D eigenvalue weighted by molar-refractivity contribution is 0.0134. The van der Waals surface area contributed by atoms with Crippen LogP contribution in [0.4, 0.5) is 4.79 Å². The molecular formula is C35H46O5. The van der Waals surface area contributed by atoms with Crippen molar-refractivity contribution in [2.75, 3.05) is 13.2 Å². The second-order valence-corrected chi connectivity index (χ2v) is 10.4. The van der Waals surface area contributed by atoms with Gasteiger partial charge in [-0.3, -0.25) is 0 Å². The van der Waals surface area contributed by atoms with Crippen LogP contribution in [0.25, 0.3) is 11.1 Å². The minimum absolute atomic E-state index is 0.247. The van der Waals surface area contributed by atoms with Gasteiger partial charge in [-0.1, -0.05) is 101 Å². The van der Waals surface area contributed by atoms with Gasteiger partial charge in [0.05, 0.1) is 6.61 Å². The van der Waals surface area contributed by atoms with Gasteiger partial charge in [-0.25, -0.2) is 4.79 Å². The SMILES string of the molecule is CCCCCCCCc1ccc(-c2ccc(COc3ccc(OCC(C)OC(=O)OCCCC)cc3)cc2)cc1. The van der Waals surface area contributed by atoms with Crippen LogP contribution in [0.2, 0.25) is 0 Å². The van der Waals surface area contributed by atoms with Crippen molar-refractivity contribution in [3.63, 3.8) is 0 Å². The van der Waals surface area contributed by atoms with Crippen LogP contribution in [0, 0.1) is 0 Å². The molecule has 0 saturated carbocycles. The Morgan fingerprint density at radius 1 is 0.650 bits per heavy atom. The Balaban J connectivity index is 1.37. The Morgan fingerprint density at radius 3 is 1.82 bits per heavy atom. The van der Waals surface area contributed by atoms with Crippen LogP contribution in [0.3, 0.4) is 0 Å². The van der Waals surface area contributed by atoms with Crippen molar-refractivity contribution in [2.24, 2.45) is 0 Å². The van der Waals surface area contributed by atoms with Crippen molar-refractivity contribution in [3.05, 3.63) is 83.9 Å². The van der Waals surface area contributed by atoms with Crippen molar-refractivity contribution in [2.45, 2.75) is 91.3 Å². The van der Waals surface area contributed by atoms with Gasteiger partial charge in [0.15, 0.2) is 0 Å². The van der Waals surface area contributed by atoms with Crippen LogP contribution in [-0.4, -0.2) is 25.5 Å². The minimum Gasteiger partial charge on any atom is -0.490 e. The second kappa shape index (κ2) is 18.0. The van der Waals surface area contributed by atoms with E-state index in [2.05, 4.69) is 55.5 Å². The maximum absolute atomic E-state index is 11.6. The second-order valence-electron chi connectivity index (χ2n) is 10.4. The van der Waals surface area contributed by atoms with Crippen LogP contribution in [0.5, 0.6) is 11.5 Å². The molecule has 0 amide bonds. The molecular weight excluding hydrogens is 500 g/mol. The summed E-state index contributed by atoms with van der Waals surface area (Å²) >= 11 is 0. The molecule has 5 nitrogen and oxygen atoms in total. The normalized spacial score (nSPS) is 11.6. The van der Waals surface area contributed by atoms with Gasteiger partial charge in [0.25, 0.3) is 0 Å². The van der Waals surface area contributed by atoms with Crippen molar-refractivity contribution in [1.82, 2.24) is 0 Å². The molecule has 0 fully saturated rings. The lowest BCUT2D eigenvalue weighted by atomic mass is 10.00. The molecule has 0 aliphatic rings. The summed E-state index contributed by atoms with van der Waals surface area (Å²) in [5.74, 6) is 1.45. The van der Waals surface area contributed by atoms with Gasteiger partial charge in [0.2, 0.25) is 0 Å². The molecule has 3 aromatic carbocycles. The van der Waals surface area contributed by atoms with E-state index in [4.69, 9.17) is 18.9 Å². The largest absolute Gasteiger partial charge is 0.508 e. The van der Waals surface area contributed by atoms with Gasteiger partial charge < -0.3 is 18.9 Å². The van der Waals surface area contributed by atoms with E-state index in [-0.39, 0.29) is 6.61 Å². The molecule has 0 bridgehead atoms. The standard InChI is InChI=1S/C35H46O5/c1-4-6-8-9-10-11-12-29-13-17-31(18-14-29)32-19-15-30(16-20-32)27-39-34-23-21-33(22-24-34)38-26-28(3)40-35(36)37-25-7-5-2/h13-24,28H,4-12,25-27H2,1-3H3. The summed E-state index contributed by atoms with van der Waals surface area (Å²) in [4.78, 5) is 11.6. The van der Waals surface area contributed by atoms with Gasteiger partial charge in [-0.2, -0.15) is 0 Å². The van der Waals surface area contributed by atoms with E-state index in [9.17, 15) is 4.79 Å². The molecule has 0 saturated heterocycles. The number of unbranched alkanes of at least 4 members (excludes halogenated alkanes) is 6. The first-order valence-corrected chi connectivity index (χ1v) is 14.9. The topological polar surface area (TPSA) is 54.0 Å². The number of carbonyl (C=O) groups excluding carboxylic acids is 1. The number of rotatable bonds is 18. The third-order valence-electron chi connectivity index (χ3n) is 6.79. The number of hydrogen-bond acceptors (Lipinski definition) is 5. The molecule has 1 atom stereocenters. The van der Waals surface area contributed by atoms with Crippen molar-refractivity contribution in [3.8, 4) is 22.6 Å². The molecule has 0 aliphatic carbocycles. The van der Waals surface area contributed by atoms with E-state index >= 15 is 0 Å². The van der Waals surface area contributed by atoms with Gasteiger partial charge in [0.1, 0.15) is 30.8 Å². The number of benzene rings is 3. The fraction of sp³-hybridized carbons (Fsp3) is 0.457. The van der Waals surface area contributed by atoms with Crippen LogP contribution in [0.15, 0.2) is 72.8 Å². The zero-order chi connectivity index (χ0) is 28.4. The average molecular weight is 547 g/mol. The van der Waals surface area contributed by atoms with Gasteiger partial charge in [-0.15, -0.1) is 0 Å². The Kier molecular flexibility index (Phi) is 14.0. The fourth-order valence-corrected chi connectivity index (χ4v) is 4.31. The number of aryl methyl sites for hydroxylation is 1. The first-order chi connectivity index (χ1) is 19.6. The molecule has 0 N–H and O–H groups in total. The molecule has 0 aromatic heterocycles. The van der Waals surface area contributed by atoms with Crippen molar-refractivity contribution in [1.29, 1.82) is 0 Å². The number of hydrogen-bond donors (Lipinski definition) is 0. The predicted molar refractivity (Wildman–Crippen MR) is 162 cm³/mol. The fourth-order valence-electron chi connectivity index (χ4n) is 4.31. The highest BCUT2D eigenvalue weighted by atomic mass is 16.7. The summed E-state index contributed by atoms with van der Waals surface area (Å²) in [6.45, 7) is 7.19. The summed E-state index contributed by atoms with van der Waals surface area (Å²) in [6, 6.07) is 25.0. The molecule has 40 heavy (non-hydrogen) atoms. The van der Waals surface area contributed by atoms with Gasteiger partial charge in [-0.05, 0) is 72.7 Å². The lowest BCUT2D eigenvalue weighted by Crippen LogP contribution is -2.22. The summed E-state index contributed by atoms with van der Waals surface area (Å²) in [6.07, 6.45) is 9.90. The zero-order valence-electron chi connectivity index (χ0n) is 24.5. The van der Waals surface area contributed by atoms with E-state index in [0.29, 0.717) is 19.0 Å². The average Bonchev–Trinajstić information content (AvgIpc) is 2.98. The zero-order valence-corrected chi connectivity index (χ0v) is 24.5. The summed E-state index contributed by atoms with van der Waals surface area (Å²) < 4.78 is 21.9. The van der Waals surface area contributed by atoms with Gasteiger partial charge >= 0.3 is 6.16 Å². The first kappa shape index (κ1) is 31.1. The molecule has 1 unspecified atom stereocenters. The highest BCUT2D eigenvalue weighted by molar-refractivity contribution is 5.64. The summed E-state index contributed by atoms with van der Waals surface area (Å²) in [7, 11) is 0. The third kappa shape index (κ3) is 11.7. The van der Waals surface area contributed by atoms with Crippen LogP contribution < -0.4 is 9.47 Å². The molecule has 3 aromatic rings. The molecule has 0 aliphatic heterocycles. The minimum atomic E-state index is -0.655. The van der Waals surface area contributed by atoms with Crippen molar-refractivity contribution < 1.29 is 23.7 Å². The molecule has 3 rings (SSSR count). The maximum atomic E-state index is 11.6. The van der Waals surface area contributed by atoms with E-state index in [1.165, 1.54) is 61.6 Å². The Labute approximate surface area is 240 Å². The number of carbonyl (C=O) groups is 1. The van der Waals surface area contributed by atoms with E-state index in [1.807, 2.05) is 31.2 Å². The van der Waals surface area contributed by atoms with E-state index in [1.54, 1.807) is 6.92 Å². The third-order valence-corrected chi connectivity index (χ3v) is 6.79. The first-order valence-electron chi connectivity index (χ1n) is 14.9. The van der Waals surface area contributed by atoms with Gasteiger partial charge in [0, 0.05) is 0 Å². The maximum Gasteiger partial charge on any atom is 0.508 e. The predicted octanol–water partition coefficient (Wildman–Crippen LogP) is 9.56. The Bertz CT molecular complexity index is 1090. The van der Waals surface area contributed by atoms with E-state index in [0.717, 1.165) is 24.2 Å². The molecule has 216 valence electrons. The smallest absolute Gasteiger partial charge is 0.490 e. The molecule has 5 heteroatoms. The number of ether oxygens (including phenoxy) is 4. The van der Waals surface area contributed by atoms with E-state index < -0.39 is 12.3 Å². The summed E-state index contributed by atoms with van der Waals surface area (Å²) in [5.41, 5.74) is 4.98. The highest BCUT2D eigenvalue weighted by Gasteiger charge is 2.11. The Morgan fingerprint density at radius 2 is 1.20 bits per heavy atom. The molecule has 0 heterocycles. The summed E-state index contributed by atoms with van der Waals surface area (Å²) in [5, 5.41) is 0. The van der Waals surface area contributed by atoms with Crippen LogP contribution in [-0.2, 0) is 22.5 Å². The Hall–Kier alpha value is -3.47. The van der Waals surface area contributed by atoms with Crippen molar-refractivity contribution >= 4 is 6.16 Å². The monoisotopic (exact) mass is 546 g/mol.